The van der Waals surface area contributed by atoms with Gasteiger partial charge in [-0.2, -0.15) is 0 Å². The molecule has 0 saturated carbocycles. The maximum Gasteiger partial charge on any atom is 0.0949 e. The smallest absolute Gasteiger partial charge is 0.0949 e. The number of methoxy groups -OCH3 is 1. The molecule has 5 nitrogen and oxygen atoms in total. The molecule has 1 N–H and O–H groups in total. The third kappa shape index (κ3) is 4.08. The minimum Gasteiger partial charge on any atom is -0.383 e. The average molecular weight is 253 g/mol. The van der Waals surface area contributed by atoms with Gasteiger partial charge in [0.1, 0.15) is 0 Å². The van der Waals surface area contributed by atoms with Crippen molar-refractivity contribution in [3.63, 3.8) is 0 Å². The fourth-order valence-corrected chi connectivity index (χ4v) is 2.22. The van der Waals surface area contributed by atoms with Gasteiger partial charge in [-0.15, -0.1) is 0 Å². The molecule has 102 valence electrons. The largest absolute Gasteiger partial charge is 0.383 e. The van der Waals surface area contributed by atoms with Crippen molar-refractivity contribution in [2.45, 2.75) is 38.5 Å². The van der Waals surface area contributed by atoms with E-state index >= 15 is 0 Å². The van der Waals surface area contributed by atoms with Crippen LogP contribution in [0.5, 0.6) is 0 Å². The van der Waals surface area contributed by atoms with E-state index in [1.165, 1.54) is 18.5 Å². The molecule has 0 radical (unpaired) electrons. The van der Waals surface area contributed by atoms with Crippen LogP contribution in [0.15, 0.2) is 12.5 Å². The lowest BCUT2D eigenvalue weighted by atomic mass is 10.1. The van der Waals surface area contributed by atoms with Gasteiger partial charge in [-0.25, -0.2) is 4.98 Å². The number of ether oxygens (including phenoxy) is 2. The Morgan fingerprint density at radius 3 is 3.28 bits per heavy atom. The van der Waals surface area contributed by atoms with E-state index in [-0.39, 0.29) is 0 Å². The maximum atomic E-state index is 5.76. The first kappa shape index (κ1) is 13.5. The predicted octanol–water partition coefficient (Wildman–Crippen LogP) is 1.19. The predicted molar refractivity (Wildman–Crippen MR) is 69.4 cm³/mol. The SMILES string of the molecule is COCCNCc1cncn1CC1CCCCO1. The van der Waals surface area contributed by atoms with E-state index in [1.807, 2.05) is 12.5 Å². The highest BCUT2D eigenvalue weighted by molar-refractivity contribution is 4.98. The summed E-state index contributed by atoms with van der Waals surface area (Å²) in [5.74, 6) is 0. The summed E-state index contributed by atoms with van der Waals surface area (Å²) in [4.78, 5) is 4.22. The Morgan fingerprint density at radius 1 is 1.56 bits per heavy atom. The van der Waals surface area contributed by atoms with Crippen molar-refractivity contribution in [2.24, 2.45) is 0 Å². The summed E-state index contributed by atoms with van der Waals surface area (Å²) in [6.07, 6.45) is 7.81. The highest BCUT2D eigenvalue weighted by Crippen LogP contribution is 2.15. The van der Waals surface area contributed by atoms with Gasteiger partial charge in [0.05, 0.1) is 31.3 Å². The Kier molecular flexibility index (Phi) is 5.64. The highest BCUT2D eigenvalue weighted by atomic mass is 16.5. The van der Waals surface area contributed by atoms with Gasteiger partial charge >= 0.3 is 0 Å². The second-order valence-corrected chi connectivity index (χ2v) is 4.70. The summed E-state index contributed by atoms with van der Waals surface area (Å²) >= 11 is 0. The van der Waals surface area contributed by atoms with Crippen LogP contribution in [0.2, 0.25) is 0 Å². The molecule has 1 unspecified atom stereocenters. The lowest BCUT2D eigenvalue weighted by molar-refractivity contribution is 0.00552. The van der Waals surface area contributed by atoms with Crippen LogP contribution in [-0.2, 0) is 22.6 Å². The topological polar surface area (TPSA) is 48.3 Å². The van der Waals surface area contributed by atoms with Crippen LogP contribution >= 0.6 is 0 Å². The minimum absolute atomic E-state index is 0.352. The Bertz CT molecular complexity index is 335. The second kappa shape index (κ2) is 7.51. The van der Waals surface area contributed by atoms with E-state index < -0.39 is 0 Å². The molecule has 1 atom stereocenters. The molecule has 5 heteroatoms. The molecule has 2 rings (SSSR count). The Balaban J connectivity index is 1.79. The van der Waals surface area contributed by atoms with Crippen LogP contribution in [0.25, 0.3) is 0 Å². The lowest BCUT2D eigenvalue weighted by Gasteiger charge is -2.23. The van der Waals surface area contributed by atoms with Gasteiger partial charge in [-0.1, -0.05) is 0 Å². The van der Waals surface area contributed by atoms with Crippen molar-refractivity contribution in [3.05, 3.63) is 18.2 Å². The summed E-state index contributed by atoms with van der Waals surface area (Å²) in [5, 5.41) is 3.34. The standard InChI is InChI=1S/C13H23N3O2/c1-17-7-5-14-8-12-9-15-11-16(12)10-13-4-2-3-6-18-13/h9,11,13-14H,2-8,10H2,1H3. The fourth-order valence-electron chi connectivity index (χ4n) is 2.22. The zero-order valence-electron chi connectivity index (χ0n) is 11.1. The zero-order chi connectivity index (χ0) is 12.6. The number of nitrogens with zero attached hydrogens (tertiary/aromatic N) is 2. The molecule has 0 amide bonds. The Labute approximate surface area is 108 Å². The summed E-state index contributed by atoms with van der Waals surface area (Å²) in [6, 6.07) is 0. The molecular formula is C13H23N3O2. The number of hydrogen-bond donors (Lipinski definition) is 1. The lowest BCUT2D eigenvalue weighted by Crippen LogP contribution is -2.26. The van der Waals surface area contributed by atoms with E-state index in [0.717, 1.165) is 39.3 Å². The van der Waals surface area contributed by atoms with E-state index in [4.69, 9.17) is 9.47 Å². The molecule has 0 spiro atoms. The first-order valence-electron chi connectivity index (χ1n) is 6.70. The Morgan fingerprint density at radius 2 is 2.50 bits per heavy atom. The zero-order valence-corrected chi connectivity index (χ0v) is 11.1. The monoisotopic (exact) mass is 253 g/mol. The third-order valence-corrected chi connectivity index (χ3v) is 3.26. The molecule has 0 bridgehead atoms. The van der Waals surface area contributed by atoms with Gasteiger partial charge in [0.2, 0.25) is 0 Å². The van der Waals surface area contributed by atoms with Crippen molar-refractivity contribution < 1.29 is 9.47 Å². The van der Waals surface area contributed by atoms with Crippen LogP contribution < -0.4 is 5.32 Å². The molecule has 1 aliphatic heterocycles. The molecule has 0 aromatic carbocycles. The van der Waals surface area contributed by atoms with Gasteiger partial charge in [0, 0.05) is 33.0 Å². The van der Waals surface area contributed by atoms with Crippen LogP contribution in [0.3, 0.4) is 0 Å². The second-order valence-electron chi connectivity index (χ2n) is 4.70. The minimum atomic E-state index is 0.352. The van der Waals surface area contributed by atoms with E-state index in [2.05, 4.69) is 14.9 Å². The summed E-state index contributed by atoms with van der Waals surface area (Å²) < 4.78 is 13.0. The number of aromatic nitrogens is 2. The van der Waals surface area contributed by atoms with E-state index in [9.17, 15) is 0 Å². The molecular weight excluding hydrogens is 230 g/mol. The molecule has 1 aromatic rings. The quantitative estimate of drug-likeness (QED) is 0.742. The van der Waals surface area contributed by atoms with Gasteiger partial charge in [0.25, 0.3) is 0 Å². The fraction of sp³-hybridized carbons (Fsp3) is 0.769. The van der Waals surface area contributed by atoms with Crippen molar-refractivity contribution >= 4 is 0 Å². The van der Waals surface area contributed by atoms with Gasteiger partial charge in [-0.3, -0.25) is 0 Å². The molecule has 1 saturated heterocycles. The molecule has 2 heterocycles. The van der Waals surface area contributed by atoms with E-state index in [1.54, 1.807) is 7.11 Å². The first-order valence-corrected chi connectivity index (χ1v) is 6.70. The molecule has 1 aromatic heterocycles. The molecule has 18 heavy (non-hydrogen) atoms. The van der Waals surface area contributed by atoms with E-state index in [0.29, 0.717) is 6.10 Å². The highest BCUT2D eigenvalue weighted by Gasteiger charge is 2.15. The van der Waals surface area contributed by atoms with Gasteiger partial charge < -0.3 is 19.4 Å². The van der Waals surface area contributed by atoms with Crippen molar-refractivity contribution in [1.29, 1.82) is 0 Å². The first-order chi connectivity index (χ1) is 8.90. The van der Waals surface area contributed by atoms with Gasteiger partial charge in [0.15, 0.2) is 0 Å². The van der Waals surface area contributed by atoms with Crippen LogP contribution in [0, 0.1) is 0 Å². The van der Waals surface area contributed by atoms with Crippen LogP contribution in [0.4, 0.5) is 0 Å². The summed E-state index contributed by atoms with van der Waals surface area (Å²) in [7, 11) is 1.71. The average Bonchev–Trinajstić information content (AvgIpc) is 2.83. The Hall–Kier alpha value is -0.910. The van der Waals surface area contributed by atoms with Crippen LogP contribution in [0.1, 0.15) is 25.0 Å². The summed E-state index contributed by atoms with van der Waals surface area (Å²) in [6.45, 7) is 4.25. The third-order valence-electron chi connectivity index (χ3n) is 3.26. The van der Waals surface area contributed by atoms with Crippen molar-refractivity contribution in [2.75, 3.05) is 26.9 Å². The molecule has 1 aliphatic rings. The molecule has 0 aliphatic carbocycles. The molecule has 1 fully saturated rings. The van der Waals surface area contributed by atoms with Crippen LogP contribution in [-0.4, -0.2) is 42.5 Å². The number of hydrogen-bond acceptors (Lipinski definition) is 4. The normalized spacial score (nSPS) is 20.2. The summed E-state index contributed by atoms with van der Waals surface area (Å²) in [5.41, 5.74) is 1.21. The number of nitrogens with one attached hydrogen (secondary N) is 1. The number of rotatable bonds is 7. The van der Waals surface area contributed by atoms with Gasteiger partial charge in [-0.05, 0) is 19.3 Å². The van der Waals surface area contributed by atoms with Crippen molar-refractivity contribution in [1.82, 2.24) is 14.9 Å². The van der Waals surface area contributed by atoms with Crippen molar-refractivity contribution in [3.8, 4) is 0 Å². The maximum absolute atomic E-state index is 5.76. The number of imidazole rings is 1.